The van der Waals surface area contributed by atoms with Crippen LogP contribution < -0.4 is 5.32 Å². The fraction of sp³-hybridized carbons (Fsp3) is 0.600. The minimum Gasteiger partial charge on any atom is -0.383 e. The van der Waals surface area contributed by atoms with Gasteiger partial charge in [-0.3, -0.25) is 0 Å². The second-order valence-corrected chi connectivity index (χ2v) is 5.26. The molecule has 0 aromatic heterocycles. The molecule has 0 heterocycles. The molecule has 1 aromatic carbocycles. The van der Waals surface area contributed by atoms with Crippen molar-refractivity contribution in [1.82, 2.24) is 5.32 Å². The molecule has 0 spiro atoms. The lowest BCUT2D eigenvalue weighted by molar-refractivity contribution is 0.198. The number of hydrogen-bond acceptors (Lipinski definition) is 2. The zero-order valence-electron chi connectivity index (χ0n) is 11.5. The molecule has 1 aromatic rings. The van der Waals surface area contributed by atoms with Crippen molar-refractivity contribution >= 4 is 0 Å². The molecule has 0 saturated heterocycles. The first-order valence-electron chi connectivity index (χ1n) is 6.79. The third-order valence-electron chi connectivity index (χ3n) is 4.12. The third-order valence-corrected chi connectivity index (χ3v) is 4.12. The second-order valence-electron chi connectivity index (χ2n) is 5.26. The molecule has 1 fully saturated rings. The summed E-state index contributed by atoms with van der Waals surface area (Å²) in [6, 6.07) is 3.93. The fourth-order valence-electron chi connectivity index (χ4n) is 2.94. The number of halogens is 2. The zero-order chi connectivity index (χ0) is 13.9. The number of hydrogen-bond donors (Lipinski definition) is 1. The average molecular weight is 269 g/mol. The number of nitrogens with one attached hydrogen (secondary N) is 1. The van der Waals surface area contributed by atoms with Crippen LogP contribution in [0.3, 0.4) is 0 Å². The van der Waals surface area contributed by atoms with Crippen LogP contribution in [0.25, 0.3) is 0 Å². The van der Waals surface area contributed by atoms with Gasteiger partial charge in [0.2, 0.25) is 0 Å². The summed E-state index contributed by atoms with van der Waals surface area (Å²) in [6.07, 6.45) is 1.98. The molecule has 2 unspecified atom stereocenters. The molecule has 0 radical (unpaired) electrons. The molecule has 1 aliphatic rings. The highest BCUT2D eigenvalue weighted by Gasteiger charge is 2.54. The standard InChI is InChI=1S/C15H21F2NO/c1-3-11-9-15(11,10-18-6-7-19-2)13-5-4-12(16)8-14(13)17/h4-5,8,11,18H,3,6-7,9-10H2,1-2H3. The zero-order valence-corrected chi connectivity index (χ0v) is 11.5. The lowest BCUT2D eigenvalue weighted by Crippen LogP contribution is -2.31. The van der Waals surface area contributed by atoms with E-state index in [0.29, 0.717) is 18.1 Å². The van der Waals surface area contributed by atoms with E-state index in [1.165, 1.54) is 6.07 Å². The SMILES string of the molecule is CCC1CC1(CNCCOC)c1ccc(F)cc1F. The average Bonchev–Trinajstić information content (AvgIpc) is 3.09. The van der Waals surface area contributed by atoms with Gasteiger partial charge in [-0.05, 0) is 24.0 Å². The summed E-state index contributed by atoms with van der Waals surface area (Å²) in [5.41, 5.74) is 0.478. The Labute approximate surface area is 113 Å². The lowest BCUT2D eigenvalue weighted by Gasteiger charge is -2.19. The Kier molecular flexibility index (Phi) is 4.53. The maximum Gasteiger partial charge on any atom is 0.129 e. The van der Waals surface area contributed by atoms with Crippen LogP contribution in [-0.2, 0) is 10.2 Å². The topological polar surface area (TPSA) is 21.3 Å². The largest absolute Gasteiger partial charge is 0.383 e. The smallest absolute Gasteiger partial charge is 0.129 e. The van der Waals surface area contributed by atoms with E-state index in [1.807, 2.05) is 0 Å². The van der Waals surface area contributed by atoms with Gasteiger partial charge >= 0.3 is 0 Å². The minimum atomic E-state index is -0.516. The molecule has 2 nitrogen and oxygen atoms in total. The first-order valence-corrected chi connectivity index (χ1v) is 6.79. The highest BCUT2D eigenvalue weighted by molar-refractivity contribution is 5.36. The van der Waals surface area contributed by atoms with Gasteiger partial charge in [-0.1, -0.05) is 19.4 Å². The van der Waals surface area contributed by atoms with Crippen molar-refractivity contribution in [3.63, 3.8) is 0 Å². The van der Waals surface area contributed by atoms with Crippen molar-refractivity contribution in [2.24, 2.45) is 5.92 Å². The van der Waals surface area contributed by atoms with E-state index in [9.17, 15) is 8.78 Å². The normalized spacial score (nSPS) is 25.6. The van der Waals surface area contributed by atoms with E-state index in [2.05, 4.69) is 12.2 Å². The molecular weight excluding hydrogens is 248 g/mol. The summed E-state index contributed by atoms with van der Waals surface area (Å²) in [5.74, 6) is -0.468. The molecule has 1 N–H and O–H groups in total. The quantitative estimate of drug-likeness (QED) is 0.769. The maximum absolute atomic E-state index is 14.0. The first kappa shape index (κ1) is 14.4. The number of ether oxygens (including phenoxy) is 1. The van der Waals surface area contributed by atoms with Gasteiger partial charge in [-0.15, -0.1) is 0 Å². The van der Waals surface area contributed by atoms with E-state index in [1.54, 1.807) is 13.2 Å². The highest BCUT2D eigenvalue weighted by Crippen LogP contribution is 2.56. The Morgan fingerprint density at radius 1 is 1.42 bits per heavy atom. The van der Waals surface area contributed by atoms with Gasteiger partial charge in [0.15, 0.2) is 0 Å². The molecule has 19 heavy (non-hydrogen) atoms. The van der Waals surface area contributed by atoms with Crippen molar-refractivity contribution in [1.29, 1.82) is 0 Å². The summed E-state index contributed by atoms with van der Waals surface area (Å²) < 4.78 is 32.0. The summed E-state index contributed by atoms with van der Waals surface area (Å²) in [6.45, 7) is 4.22. The Bertz CT molecular complexity index is 438. The number of methoxy groups -OCH3 is 1. The molecule has 1 saturated carbocycles. The number of benzene rings is 1. The second kappa shape index (κ2) is 5.97. The van der Waals surface area contributed by atoms with Crippen molar-refractivity contribution in [3.8, 4) is 0 Å². The third kappa shape index (κ3) is 2.95. The van der Waals surface area contributed by atoms with Gasteiger partial charge in [-0.2, -0.15) is 0 Å². The van der Waals surface area contributed by atoms with E-state index in [0.717, 1.165) is 32.0 Å². The van der Waals surface area contributed by atoms with Gasteiger partial charge in [-0.25, -0.2) is 8.78 Å². The predicted molar refractivity (Wildman–Crippen MR) is 71.2 cm³/mol. The van der Waals surface area contributed by atoms with Gasteiger partial charge in [0, 0.05) is 31.7 Å². The molecule has 0 aliphatic heterocycles. The molecular formula is C15H21F2NO. The van der Waals surface area contributed by atoms with Crippen LogP contribution in [0.1, 0.15) is 25.3 Å². The van der Waals surface area contributed by atoms with E-state index in [4.69, 9.17) is 4.74 Å². The maximum atomic E-state index is 14.0. The molecule has 4 heteroatoms. The summed E-state index contributed by atoms with van der Waals surface area (Å²) in [5, 5.41) is 3.31. The Morgan fingerprint density at radius 2 is 2.21 bits per heavy atom. The lowest BCUT2D eigenvalue weighted by atomic mass is 9.91. The highest BCUT2D eigenvalue weighted by atomic mass is 19.1. The Hall–Kier alpha value is -1.00. The van der Waals surface area contributed by atoms with Gasteiger partial charge < -0.3 is 10.1 Å². The van der Waals surface area contributed by atoms with Crippen molar-refractivity contribution in [3.05, 3.63) is 35.4 Å². The molecule has 0 bridgehead atoms. The van der Waals surface area contributed by atoms with Gasteiger partial charge in [0.1, 0.15) is 11.6 Å². The number of rotatable bonds is 7. The summed E-state index contributed by atoms with van der Waals surface area (Å²) >= 11 is 0. The molecule has 106 valence electrons. The van der Waals surface area contributed by atoms with Crippen LogP contribution in [0.4, 0.5) is 8.78 Å². The van der Waals surface area contributed by atoms with E-state index < -0.39 is 11.6 Å². The molecule has 2 rings (SSSR count). The Morgan fingerprint density at radius 3 is 2.79 bits per heavy atom. The van der Waals surface area contributed by atoms with E-state index in [-0.39, 0.29) is 5.41 Å². The van der Waals surface area contributed by atoms with E-state index >= 15 is 0 Å². The van der Waals surface area contributed by atoms with Crippen LogP contribution >= 0.6 is 0 Å². The molecule has 1 aliphatic carbocycles. The van der Waals surface area contributed by atoms with Crippen molar-refractivity contribution < 1.29 is 13.5 Å². The van der Waals surface area contributed by atoms with Crippen LogP contribution in [-0.4, -0.2) is 26.8 Å². The first-order chi connectivity index (χ1) is 9.14. The van der Waals surface area contributed by atoms with Gasteiger partial charge in [0.05, 0.1) is 6.61 Å². The van der Waals surface area contributed by atoms with Crippen molar-refractivity contribution in [2.45, 2.75) is 25.2 Å². The fourth-order valence-corrected chi connectivity index (χ4v) is 2.94. The monoisotopic (exact) mass is 269 g/mol. The van der Waals surface area contributed by atoms with Crippen LogP contribution in [0.15, 0.2) is 18.2 Å². The summed E-state index contributed by atoms with van der Waals surface area (Å²) in [7, 11) is 1.66. The minimum absolute atomic E-state index is 0.166. The summed E-state index contributed by atoms with van der Waals surface area (Å²) in [4.78, 5) is 0. The van der Waals surface area contributed by atoms with Gasteiger partial charge in [0.25, 0.3) is 0 Å². The predicted octanol–water partition coefficient (Wildman–Crippen LogP) is 2.87. The van der Waals surface area contributed by atoms with Crippen LogP contribution in [0.2, 0.25) is 0 Å². The van der Waals surface area contributed by atoms with Crippen molar-refractivity contribution in [2.75, 3.05) is 26.8 Å². The Balaban J connectivity index is 2.11. The van der Waals surface area contributed by atoms with Crippen LogP contribution in [0, 0.1) is 17.6 Å². The van der Waals surface area contributed by atoms with Crippen LogP contribution in [0.5, 0.6) is 0 Å². The molecule has 0 amide bonds. The molecule has 2 atom stereocenters.